The van der Waals surface area contributed by atoms with E-state index in [0.29, 0.717) is 27.2 Å². The average Bonchev–Trinajstić information content (AvgIpc) is 3.13. The predicted octanol–water partition coefficient (Wildman–Crippen LogP) is 4.44. The minimum Gasteiger partial charge on any atom is -0.482 e. The van der Waals surface area contributed by atoms with Crippen molar-refractivity contribution in [3.05, 3.63) is 64.2 Å². The van der Waals surface area contributed by atoms with Gasteiger partial charge in [-0.2, -0.15) is 4.98 Å². The van der Waals surface area contributed by atoms with Crippen molar-refractivity contribution in [3.8, 4) is 17.1 Å². The molecule has 1 amide bonds. The number of benzene rings is 2. The zero-order valence-electron chi connectivity index (χ0n) is 14.1. The molecule has 0 radical (unpaired) electrons. The van der Waals surface area contributed by atoms with Crippen molar-refractivity contribution >= 4 is 29.1 Å². The van der Waals surface area contributed by atoms with Crippen molar-refractivity contribution in [3.63, 3.8) is 0 Å². The Morgan fingerprint density at radius 3 is 2.74 bits per heavy atom. The molecule has 1 unspecified atom stereocenters. The van der Waals surface area contributed by atoms with Gasteiger partial charge in [-0.3, -0.25) is 4.79 Å². The first-order chi connectivity index (χ1) is 12.9. The lowest BCUT2D eigenvalue weighted by atomic mass is 10.2. The average molecular weight is 410 g/mol. The van der Waals surface area contributed by atoms with E-state index in [4.69, 9.17) is 32.5 Å². The van der Waals surface area contributed by atoms with E-state index in [1.807, 2.05) is 0 Å². The van der Waals surface area contributed by atoms with Gasteiger partial charge < -0.3 is 14.6 Å². The predicted molar refractivity (Wildman–Crippen MR) is 98.2 cm³/mol. The summed E-state index contributed by atoms with van der Waals surface area (Å²) in [6, 6.07) is 9.85. The van der Waals surface area contributed by atoms with Crippen LogP contribution in [0.25, 0.3) is 11.4 Å². The molecule has 0 saturated heterocycles. The second-order valence-electron chi connectivity index (χ2n) is 5.62. The Hall–Kier alpha value is -2.64. The van der Waals surface area contributed by atoms with Crippen LogP contribution in [0.5, 0.6) is 5.75 Å². The van der Waals surface area contributed by atoms with Crippen LogP contribution in [0.2, 0.25) is 10.0 Å². The van der Waals surface area contributed by atoms with Crippen molar-refractivity contribution in [1.29, 1.82) is 0 Å². The molecule has 27 heavy (non-hydrogen) atoms. The van der Waals surface area contributed by atoms with Crippen LogP contribution in [0.1, 0.15) is 18.9 Å². The number of carbonyl (C=O) groups is 1. The highest BCUT2D eigenvalue weighted by Crippen LogP contribution is 2.27. The minimum atomic E-state index is -0.544. The molecule has 1 atom stereocenters. The summed E-state index contributed by atoms with van der Waals surface area (Å²) in [6.07, 6.45) is 0. The van der Waals surface area contributed by atoms with Crippen LogP contribution in [-0.2, 0) is 4.79 Å². The van der Waals surface area contributed by atoms with Gasteiger partial charge in [-0.1, -0.05) is 28.4 Å². The summed E-state index contributed by atoms with van der Waals surface area (Å²) in [6.45, 7) is 1.43. The van der Waals surface area contributed by atoms with Crippen LogP contribution in [0.4, 0.5) is 4.39 Å². The topological polar surface area (TPSA) is 77.2 Å². The van der Waals surface area contributed by atoms with E-state index >= 15 is 0 Å². The van der Waals surface area contributed by atoms with Crippen molar-refractivity contribution in [2.45, 2.75) is 13.0 Å². The Kier molecular flexibility index (Phi) is 5.93. The third-order valence-corrected chi connectivity index (χ3v) is 4.09. The maximum absolute atomic E-state index is 13.0. The molecule has 0 spiro atoms. The molecule has 3 rings (SSSR count). The van der Waals surface area contributed by atoms with Gasteiger partial charge in [0.1, 0.15) is 17.6 Å². The molecule has 3 aromatic rings. The number of carbonyl (C=O) groups excluding carboxylic acids is 1. The highest BCUT2D eigenvalue weighted by molar-refractivity contribution is 6.34. The third kappa shape index (κ3) is 4.96. The number of hydrogen-bond donors (Lipinski definition) is 1. The second kappa shape index (κ2) is 8.37. The number of halogens is 3. The normalized spacial score (nSPS) is 11.9. The van der Waals surface area contributed by atoms with Crippen LogP contribution in [0.15, 0.2) is 47.0 Å². The molecule has 1 heterocycles. The van der Waals surface area contributed by atoms with Gasteiger partial charge >= 0.3 is 0 Å². The maximum Gasteiger partial charge on any atom is 0.258 e. The monoisotopic (exact) mass is 409 g/mol. The molecule has 2 aromatic carbocycles. The van der Waals surface area contributed by atoms with Gasteiger partial charge in [-0.05, 0) is 43.3 Å². The van der Waals surface area contributed by atoms with E-state index in [0.717, 1.165) is 0 Å². The molecule has 0 saturated carbocycles. The number of nitrogens with one attached hydrogen (secondary N) is 1. The highest BCUT2D eigenvalue weighted by Gasteiger charge is 2.18. The van der Waals surface area contributed by atoms with E-state index in [-0.39, 0.29) is 18.3 Å². The Bertz CT molecular complexity index is 947. The zero-order chi connectivity index (χ0) is 19.4. The largest absolute Gasteiger partial charge is 0.482 e. The van der Waals surface area contributed by atoms with Crippen molar-refractivity contribution < 1.29 is 18.4 Å². The Morgan fingerprint density at radius 2 is 2.00 bits per heavy atom. The van der Waals surface area contributed by atoms with Crippen molar-refractivity contribution in [2.75, 3.05) is 6.61 Å². The summed E-state index contributed by atoms with van der Waals surface area (Å²) in [4.78, 5) is 16.3. The standard InChI is InChI=1S/C18H14Cl2FN3O3/c1-10(18-23-17(24-27-18)11-2-5-13(21)6-3-11)22-16(25)9-26-15-8-12(19)4-7-14(15)20/h2-8,10H,9H2,1H3,(H,22,25). The van der Waals surface area contributed by atoms with Gasteiger partial charge in [-0.15, -0.1) is 0 Å². The van der Waals surface area contributed by atoms with E-state index in [2.05, 4.69) is 15.5 Å². The maximum atomic E-state index is 13.0. The fourth-order valence-corrected chi connectivity index (χ4v) is 2.54. The summed E-state index contributed by atoms with van der Waals surface area (Å²) >= 11 is 11.9. The van der Waals surface area contributed by atoms with E-state index < -0.39 is 11.9 Å². The van der Waals surface area contributed by atoms with Crippen molar-refractivity contribution in [2.24, 2.45) is 0 Å². The lowest BCUT2D eigenvalue weighted by Gasteiger charge is -2.11. The molecule has 0 aliphatic heterocycles. The molecule has 140 valence electrons. The number of hydrogen-bond acceptors (Lipinski definition) is 5. The number of rotatable bonds is 6. The van der Waals surface area contributed by atoms with E-state index in [9.17, 15) is 9.18 Å². The second-order valence-corrected chi connectivity index (χ2v) is 6.46. The first-order valence-corrected chi connectivity index (χ1v) is 8.64. The number of nitrogens with zero attached hydrogens (tertiary/aromatic N) is 2. The summed E-state index contributed by atoms with van der Waals surface area (Å²) < 4.78 is 23.5. The van der Waals surface area contributed by atoms with Gasteiger partial charge in [-0.25, -0.2) is 4.39 Å². The lowest BCUT2D eigenvalue weighted by molar-refractivity contribution is -0.123. The first-order valence-electron chi connectivity index (χ1n) is 7.89. The van der Waals surface area contributed by atoms with Gasteiger partial charge in [0.2, 0.25) is 11.7 Å². The Balaban J connectivity index is 1.58. The Labute approximate surface area is 164 Å². The molecule has 1 N–H and O–H groups in total. The molecule has 6 nitrogen and oxygen atoms in total. The SMILES string of the molecule is CC(NC(=O)COc1cc(Cl)ccc1Cl)c1nc(-c2ccc(F)cc2)no1. The van der Waals surface area contributed by atoms with Gasteiger partial charge in [0, 0.05) is 16.7 Å². The van der Waals surface area contributed by atoms with Crippen LogP contribution < -0.4 is 10.1 Å². The van der Waals surface area contributed by atoms with Crippen LogP contribution in [0, 0.1) is 5.82 Å². The first kappa shape index (κ1) is 19.1. The number of aromatic nitrogens is 2. The summed E-state index contributed by atoms with van der Waals surface area (Å²) in [7, 11) is 0. The van der Waals surface area contributed by atoms with Gasteiger partial charge in [0.15, 0.2) is 6.61 Å². The van der Waals surface area contributed by atoms with Crippen LogP contribution in [0.3, 0.4) is 0 Å². The molecular formula is C18H14Cl2FN3O3. The smallest absolute Gasteiger partial charge is 0.258 e. The van der Waals surface area contributed by atoms with Crippen LogP contribution in [-0.4, -0.2) is 22.7 Å². The summed E-state index contributed by atoms with van der Waals surface area (Å²) in [5.41, 5.74) is 0.601. The molecule has 1 aromatic heterocycles. The molecule has 0 aliphatic rings. The van der Waals surface area contributed by atoms with Crippen LogP contribution >= 0.6 is 23.2 Å². The number of ether oxygens (including phenoxy) is 1. The van der Waals surface area contributed by atoms with E-state index in [1.165, 1.54) is 30.3 Å². The number of amides is 1. The molecule has 0 bridgehead atoms. The fraction of sp³-hybridized carbons (Fsp3) is 0.167. The Morgan fingerprint density at radius 1 is 1.26 bits per heavy atom. The highest BCUT2D eigenvalue weighted by atomic mass is 35.5. The molecule has 0 fully saturated rings. The fourth-order valence-electron chi connectivity index (χ4n) is 2.20. The van der Waals surface area contributed by atoms with Gasteiger partial charge in [0.25, 0.3) is 5.91 Å². The minimum absolute atomic E-state index is 0.212. The van der Waals surface area contributed by atoms with Crippen molar-refractivity contribution in [1.82, 2.24) is 15.5 Å². The lowest BCUT2D eigenvalue weighted by Crippen LogP contribution is -2.31. The molecular weight excluding hydrogens is 396 g/mol. The third-order valence-electron chi connectivity index (χ3n) is 3.54. The van der Waals surface area contributed by atoms with E-state index in [1.54, 1.807) is 19.1 Å². The summed E-state index contributed by atoms with van der Waals surface area (Å²) in [5.74, 6) is 0.0582. The molecule has 0 aliphatic carbocycles. The van der Waals surface area contributed by atoms with Gasteiger partial charge in [0.05, 0.1) is 5.02 Å². The summed E-state index contributed by atoms with van der Waals surface area (Å²) in [5, 5.41) is 7.31. The quantitative estimate of drug-likeness (QED) is 0.650. The zero-order valence-corrected chi connectivity index (χ0v) is 15.6. The molecule has 9 heteroatoms.